The fourth-order valence-electron chi connectivity index (χ4n) is 2.78. The molecule has 5 heteroatoms. The fourth-order valence-corrected chi connectivity index (χ4v) is 2.90. The Bertz CT molecular complexity index is 711. The molecule has 1 saturated carbocycles. The van der Waals surface area contributed by atoms with Gasteiger partial charge in [0.2, 0.25) is 5.91 Å². The Balaban J connectivity index is 1.87. The van der Waals surface area contributed by atoms with E-state index in [1.165, 1.54) is 6.07 Å². The number of benzene rings is 2. The minimum atomic E-state index is -0.779. The van der Waals surface area contributed by atoms with Crippen molar-refractivity contribution in [3.8, 4) is 0 Å². The van der Waals surface area contributed by atoms with Crippen molar-refractivity contribution in [3.05, 3.63) is 64.7 Å². The van der Waals surface area contributed by atoms with Crippen molar-refractivity contribution in [1.82, 2.24) is 0 Å². The van der Waals surface area contributed by atoms with Gasteiger partial charge in [-0.2, -0.15) is 0 Å². The van der Waals surface area contributed by atoms with Crippen LogP contribution in [0.3, 0.4) is 0 Å². The van der Waals surface area contributed by atoms with Crippen molar-refractivity contribution in [2.45, 2.75) is 24.7 Å². The van der Waals surface area contributed by atoms with Gasteiger partial charge in [-0.3, -0.25) is 4.79 Å². The van der Waals surface area contributed by atoms with Crippen LogP contribution in [0.4, 0.5) is 14.5 Å². The maximum Gasteiger partial charge on any atom is 0.235 e. The zero-order chi connectivity index (χ0) is 15.7. The van der Waals surface area contributed by atoms with Gasteiger partial charge in [0, 0.05) is 11.1 Å². The first-order chi connectivity index (χ1) is 10.5. The topological polar surface area (TPSA) is 29.1 Å². The van der Waals surface area contributed by atoms with E-state index in [0.29, 0.717) is 17.9 Å². The molecule has 22 heavy (non-hydrogen) atoms. The van der Waals surface area contributed by atoms with Gasteiger partial charge in [0.1, 0.15) is 11.6 Å². The number of hydrogen-bond acceptors (Lipinski definition) is 1. The Morgan fingerprint density at radius 1 is 1.09 bits per heavy atom. The predicted molar refractivity (Wildman–Crippen MR) is 82.0 cm³/mol. The second kappa shape index (κ2) is 5.69. The molecule has 114 valence electrons. The smallest absolute Gasteiger partial charge is 0.235 e. The summed E-state index contributed by atoms with van der Waals surface area (Å²) in [5.74, 6) is -1.72. The van der Waals surface area contributed by atoms with Crippen LogP contribution in [0.5, 0.6) is 0 Å². The van der Waals surface area contributed by atoms with E-state index in [2.05, 4.69) is 5.32 Å². The third-order valence-electron chi connectivity index (χ3n) is 4.22. The first kappa shape index (κ1) is 15.0. The molecule has 0 aromatic heterocycles. The zero-order valence-corrected chi connectivity index (χ0v) is 12.5. The maximum absolute atomic E-state index is 13.7. The molecule has 1 aliphatic rings. The lowest BCUT2D eigenvalue weighted by molar-refractivity contribution is -0.124. The molecular formula is C17H14ClF2NO. The Kier molecular flexibility index (Phi) is 3.87. The average molecular weight is 322 g/mol. The summed E-state index contributed by atoms with van der Waals surface area (Å²) < 4.78 is 26.6. The number of hydrogen-bond donors (Lipinski definition) is 1. The molecule has 0 radical (unpaired) electrons. The van der Waals surface area contributed by atoms with E-state index in [9.17, 15) is 13.6 Å². The Morgan fingerprint density at radius 2 is 1.77 bits per heavy atom. The minimum Gasteiger partial charge on any atom is -0.323 e. The quantitative estimate of drug-likeness (QED) is 0.874. The highest BCUT2D eigenvalue weighted by Gasteiger charge is 2.45. The lowest BCUT2D eigenvalue weighted by Gasteiger charge is -2.40. The molecule has 3 rings (SSSR count). The predicted octanol–water partition coefficient (Wildman–Crippen LogP) is 4.68. The number of rotatable bonds is 3. The molecule has 0 atom stereocenters. The molecule has 0 heterocycles. The first-order valence-electron chi connectivity index (χ1n) is 7.04. The van der Waals surface area contributed by atoms with E-state index >= 15 is 0 Å². The Labute approximate surface area is 132 Å². The van der Waals surface area contributed by atoms with Crippen molar-refractivity contribution >= 4 is 23.2 Å². The number of halogens is 3. The van der Waals surface area contributed by atoms with Gasteiger partial charge < -0.3 is 5.32 Å². The average Bonchev–Trinajstić information content (AvgIpc) is 2.43. The van der Waals surface area contributed by atoms with Crippen LogP contribution < -0.4 is 5.32 Å². The normalized spacial score (nSPS) is 16.0. The van der Waals surface area contributed by atoms with Gasteiger partial charge in [-0.15, -0.1) is 0 Å². The van der Waals surface area contributed by atoms with E-state index in [-0.39, 0.29) is 11.6 Å². The standard InChI is InChI=1S/C17H14ClF2NO/c18-12-4-2-11(3-5-12)17(8-1-9-17)16(22)21-15-7-6-13(19)10-14(15)20/h2-7,10H,1,8-9H2,(H,21,22). The number of carbonyl (C=O) groups is 1. The number of anilines is 1. The molecule has 0 saturated heterocycles. The molecule has 2 aromatic carbocycles. The summed E-state index contributed by atoms with van der Waals surface area (Å²) in [5.41, 5.74) is 0.195. The molecule has 0 aliphatic heterocycles. The molecule has 0 spiro atoms. The third kappa shape index (κ3) is 2.59. The van der Waals surface area contributed by atoms with Crippen LogP contribution in [0, 0.1) is 11.6 Å². The summed E-state index contributed by atoms with van der Waals surface area (Å²) >= 11 is 5.88. The second-order valence-corrected chi connectivity index (χ2v) is 5.96. The van der Waals surface area contributed by atoms with Gasteiger partial charge in [-0.1, -0.05) is 30.2 Å². The fraction of sp³-hybridized carbons (Fsp3) is 0.235. The summed E-state index contributed by atoms with van der Waals surface area (Å²) in [5, 5.41) is 3.18. The van der Waals surface area contributed by atoms with E-state index in [1.807, 2.05) is 12.1 Å². The third-order valence-corrected chi connectivity index (χ3v) is 4.47. The molecule has 1 aliphatic carbocycles. The lowest BCUT2D eigenvalue weighted by atomic mass is 9.64. The van der Waals surface area contributed by atoms with Crippen LogP contribution in [0.1, 0.15) is 24.8 Å². The van der Waals surface area contributed by atoms with Gasteiger partial charge in [0.05, 0.1) is 11.1 Å². The number of amides is 1. The molecule has 1 N–H and O–H groups in total. The van der Waals surface area contributed by atoms with Crippen LogP contribution in [-0.4, -0.2) is 5.91 Å². The highest BCUT2D eigenvalue weighted by atomic mass is 35.5. The largest absolute Gasteiger partial charge is 0.323 e. The minimum absolute atomic E-state index is 0.00774. The van der Waals surface area contributed by atoms with Crippen molar-refractivity contribution in [1.29, 1.82) is 0 Å². The summed E-state index contributed by atoms with van der Waals surface area (Å²) in [4.78, 5) is 12.6. The molecule has 1 amide bonds. The van der Waals surface area contributed by atoms with Gasteiger partial charge in [-0.05, 0) is 42.7 Å². The van der Waals surface area contributed by atoms with E-state index in [4.69, 9.17) is 11.6 Å². The molecule has 2 aromatic rings. The van der Waals surface area contributed by atoms with Gasteiger partial charge in [0.15, 0.2) is 0 Å². The maximum atomic E-state index is 13.7. The molecule has 0 bridgehead atoms. The Morgan fingerprint density at radius 3 is 2.32 bits per heavy atom. The van der Waals surface area contributed by atoms with Crippen molar-refractivity contribution in [3.63, 3.8) is 0 Å². The molecule has 1 fully saturated rings. The van der Waals surface area contributed by atoms with Crippen LogP contribution in [0.15, 0.2) is 42.5 Å². The van der Waals surface area contributed by atoms with Crippen LogP contribution in [0.2, 0.25) is 5.02 Å². The second-order valence-electron chi connectivity index (χ2n) is 5.52. The van der Waals surface area contributed by atoms with Gasteiger partial charge >= 0.3 is 0 Å². The lowest BCUT2D eigenvalue weighted by Crippen LogP contribution is -2.46. The molecular weight excluding hydrogens is 308 g/mol. The first-order valence-corrected chi connectivity index (χ1v) is 7.42. The highest BCUT2D eigenvalue weighted by molar-refractivity contribution is 6.30. The zero-order valence-electron chi connectivity index (χ0n) is 11.7. The van der Waals surface area contributed by atoms with Crippen molar-refractivity contribution in [2.75, 3.05) is 5.32 Å². The van der Waals surface area contributed by atoms with Crippen molar-refractivity contribution < 1.29 is 13.6 Å². The number of carbonyl (C=O) groups excluding carboxylic acids is 1. The SMILES string of the molecule is O=C(Nc1ccc(F)cc1F)C1(c2ccc(Cl)cc2)CCC1. The summed E-state index contributed by atoms with van der Waals surface area (Å²) in [7, 11) is 0. The molecule has 2 nitrogen and oxygen atoms in total. The summed E-state index contributed by atoms with van der Waals surface area (Å²) in [6.07, 6.45) is 2.33. The van der Waals surface area contributed by atoms with Crippen LogP contribution >= 0.6 is 11.6 Å². The Hall–Kier alpha value is -1.94. The summed E-state index contributed by atoms with van der Waals surface area (Å²) in [6, 6.07) is 10.2. The van der Waals surface area contributed by atoms with Crippen LogP contribution in [0.25, 0.3) is 0 Å². The van der Waals surface area contributed by atoms with E-state index < -0.39 is 17.0 Å². The summed E-state index contributed by atoms with van der Waals surface area (Å²) in [6.45, 7) is 0. The van der Waals surface area contributed by atoms with Gasteiger partial charge in [0.25, 0.3) is 0 Å². The van der Waals surface area contributed by atoms with Crippen molar-refractivity contribution in [2.24, 2.45) is 0 Å². The monoisotopic (exact) mass is 321 g/mol. The van der Waals surface area contributed by atoms with Gasteiger partial charge in [-0.25, -0.2) is 8.78 Å². The van der Waals surface area contributed by atoms with Crippen LogP contribution in [-0.2, 0) is 10.2 Å². The highest BCUT2D eigenvalue weighted by Crippen LogP contribution is 2.45. The van der Waals surface area contributed by atoms with E-state index in [1.54, 1.807) is 12.1 Å². The van der Waals surface area contributed by atoms with E-state index in [0.717, 1.165) is 24.1 Å². The molecule has 0 unspecified atom stereocenters. The number of nitrogens with one attached hydrogen (secondary N) is 1.